The van der Waals surface area contributed by atoms with Gasteiger partial charge in [0.2, 0.25) is 0 Å². The van der Waals surface area contributed by atoms with Crippen LogP contribution in [0.5, 0.6) is 0 Å². The monoisotopic (exact) mass is 378 g/mol. The number of aryl methyl sites for hydroxylation is 1. The third-order valence-corrected chi connectivity index (χ3v) is 4.92. The highest BCUT2D eigenvalue weighted by atomic mass is 35.5. The minimum absolute atomic E-state index is 0.143. The van der Waals surface area contributed by atoms with Crippen molar-refractivity contribution >= 4 is 23.1 Å². The van der Waals surface area contributed by atoms with Crippen molar-refractivity contribution in [3.8, 4) is 5.69 Å². The van der Waals surface area contributed by atoms with Crippen LogP contribution in [0.2, 0.25) is 5.02 Å². The van der Waals surface area contributed by atoms with Gasteiger partial charge in [0.05, 0.1) is 17.1 Å². The second-order valence-electron chi connectivity index (χ2n) is 6.70. The van der Waals surface area contributed by atoms with Crippen LogP contribution in [0, 0.1) is 6.92 Å². The van der Waals surface area contributed by atoms with Crippen molar-refractivity contribution in [2.45, 2.75) is 32.7 Å². The van der Waals surface area contributed by atoms with Crippen molar-refractivity contribution in [3.63, 3.8) is 0 Å². The summed E-state index contributed by atoms with van der Waals surface area (Å²) >= 11 is 6.32. The van der Waals surface area contributed by atoms with Gasteiger partial charge in [-0.05, 0) is 50.6 Å². The van der Waals surface area contributed by atoms with E-state index in [0.717, 1.165) is 34.2 Å². The molecule has 0 aliphatic carbocycles. The van der Waals surface area contributed by atoms with Gasteiger partial charge in [0, 0.05) is 35.1 Å². The lowest BCUT2D eigenvalue weighted by Crippen LogP contribution is -2.09. The van der Waals surface area contributed by atoms with E-state index >= 15 is 0 Å². The Labute approximate surface area is 162 Å². The molecule has 1 atom stereocenters. The standard InChI is InChI=1S/C21H19ClN4O/c1-13-12-24-21-18(8-6-14(2)27)25-20(17-5-3-4-10-23-17)16-11-15(22)7-9-19(16)26(13)21/h3-5,7,9-12,18H,6,8H2,1-2H3/t18-/m0/s1. The van der Waals surface area contributed by atoms with E-state index in [1.165, 1.54) is 0 Å². The first kappa shape index (κ1) is 17.6. The smallest absolute Gasteiger partial charge is 0.138 e. The zero-order valence-corrected chi connectivity index (χ0v) is 15.9. The lowest BCUT2D eigenvalue weighted by Gasteiger charge is -2.14. The summed E-state index contributed by atoms with van der Waals surface area (Å²) in [7, 11) is 0. The number of rotatable bonds is 4. The van der Waals surface area contributed by atoms with Crippen LogP contribution in [0.3, 0.4) is 0 Å². The fourth-order valence-electron chi connectivity index (χ4n) is 3.42. The van der Waals surface area contributed by atoms with E-state index in [1.807, 2.05) is 49.5 Å². The van der Waals surface area contributed by atoms with Crippen molar-refractivity contribution in [2.24, 2.45) is 4.99 Å². The average molecular weight is 379 g/mol. The number of pyridine rings is 1. The first-order valence-electron chi connectivity index (χ1n) is 8.88. The Hall–Kier alpha value is -2.79. The lowest BCUT2D eigenvalue weighted by molar-refractivity contribution is -0.117. The summed E-state index contributed by atoms with van der Waals surface area (Å²) in [5.41, 5.74) is 4.44. The van der Waals surface area contributed by atoms with Crippen molar-refractivity contribution in [1.82, 2.24) is 14.5 Å². The Morgan fingerprint density at radius 1 is 1.22 bits per heavy atom. The van der Waals surface area contributed by atoms with Gasteiger partial charge in [-0.2, -0.15) is 0 Å². The number of carbonyl (C=O) groups is 1. The molecular formula is C21H19ClN4O. The first-order chi connectivity index (χ1) is 13.0. The van der Waals surface area contributed by atoms with Gasteiger partial charge in [0.1, 0.15) is 17.6 Å². The largest absolute Gasteiger partial charge is 0.300 e. The van der Waals surface area contributed by atoms with Crippen molar-refractivity contribution in [2.75, 3.05) is 0 Å². The second-order valence-corrected chi connectivity index (χ2v) is 7.14. The number of benzene rings is 1. The number of ketones is 1. The number of imidazole rings is 1. The molecule has 4 rings (SSSR count). The van der Waals surface area contributed by atoms with Crippen LogP contribution in [0.4, 0.5) is 0 Å². The number of carbonyl (C=O) groups excluding carboxylic acids is 1. The number of fused-ring (bicyclic) bond motifs is 3. The summed E-state index contributed by atoms with van der Waals surface area (Å²) in [6.45, 7) is 3.62. The summed E-state index contributed by atoms with van der Waals surface area (Å²) in [4.78, 5) is 25.7. The van der Waals surface area contributed by atoms with Gasteiger partial charge in [-0.15, -0.1) is 0 Å². The molecule has 6 heteroatoms. The normalized spacial score (nSPS) is 15.5. The minimum atomic E-state index is -0.231. The average Bonchev–Trinajstić information content (AvgIpc) is 2.97. The van der Waals surface area contributed by atoms with Crippen LogP contribution in [-0.4, -0.2) is 26.0 Å². The maximum Gasteiger partial charge on any atom is 0.138 e. The van der Waals surface area contributed by atoms with E-state index in [2.05, 4.69) is 14.5 Å². The molecule has 0 amide bonds. The van der Waals surface area contributed by atoms with Gasteiger partial charge in [-0.1, -0.05) is 17.7 Å². The molecular weight excluding hydrogens is 360 g/mol. The first-order valence-corrected chi connectivity index (χ1v) is 9.25. The van der Waals surface area contributed by atoms with E-state index in [9.17, 15) is 4.79 Å². The Morgan fingerprint density at radius 2 is 2.07 bits per heavy atom. The highest BCUT2D eigenvalue weighted by Gasteiger charge is 2.27. The van der Waals surface area contributed by atoms with Gasteiger partial charge in [0.15, 0.2) is 0 Å². The summed E-state index contributed by atoms with van der Waals surface area (Å²) < 4.78 is 2.11. The Balaban J connectivity index is 1.97. The summed E-state index contributed by atoms with van der Waals surface area (Å²) in [5, 5.41) is 0.638. The third-order valence-electron chi connectivity index (χ3n) is 4.68. The molecule has 0 spiro atoms. The molecule has 3 heterocycles. The third kappa shape index (κ3) is 3.30. The van der Waals surface area contributed by atoms with Crippen molar-refractivity contribution in [1.29, 1.82) is 0 Å². The Morgan fingerprint density at radius 3 is 2.81 bits per heavy atom. The molecule has 27 heavy (non-hydrogen) atoms. The molecule has 0 N–H and O–H groups in total. The van der Waals surface area contributed by atoms with E-state index in [0.29, 0.717) is 17.9 Å². The molecule has 0 fully saturated rings. The van der Waals surface area contributed by atoms with Crippen LogP contribution in [0.15, 0.2) is 53.8 Å². The number of Topliss-reactive ketones (excluding diaryl/α,β-unsaturated/α-hetero) is 1. The van der Waals surface area contributed by atoms with Crippen LogP contribution in [0.1, 0.15) is 48.6 Å². The SMILES string of the molecule is CC(=O)CC[C@@H]1N=C(c2ccccn2)c2cc(Cl)ccc2-n2c(C)cnc21. The summed E-state index contributed by atoms with van der Waals surface area (Å²) in [6, 6.07) is 11.3. The minimum Gasteiger partial charge on any atom is -0.300 e. The van der Waals surface area contributed by atoms with Crippen molar-refractivity contribution < 1.29 is 4.79 Å². The molecule has 2 aromatic heterocycles. The molecule has 0 unspecified atom stereocenters. The summed E-state index contributed by atoms with van der Waals surface area (Å²) in [5.74, 6) is 0.979. The Kier molecular flexibility index (Phi) is 4.62. The van der Waals surface area contributed by atoms with E-state index < -0.39 is 0 Å². The molecule has 1 aliphatic rings. The quantitative estimate of drug-likeness (QED) is 0.672. The molecule has 5 nitrogen and oxygen atoms in total. The van der Waals surface area contributed by atoms with Crippen LogP contribution in [0.25, 0.3) is 5.69 Å². The summed E-state index contributed by atoms with van der Waals surface area (Å²) in [6.07, 6.45) is 4.65. The molecule has 3 aromatic rings. The van der Waals surface area contributed by atoms with Gasteiger partial charge in [0.25, 0.3) is 0 Å². The fraction of sp³-hybridized carbons (Fsp3) is 0.238. The highest BCUT2D eigenvalue weighted by Crippen LogP contribution is 2.34. The molecule has 136 valence electrons. The number of aliphatic imine (C=N–C) groups is 1. The number of aromatic nitrogens is 3. The van der Waals surface area contributed by atoms with E-state index in [4.69, 9.17) is 16.6 Å². The number of hydrogen-bond donors (Lipinski definition) is 0. The lowest BCUT2D eigenvalue weighted by atomic mass is 10.0. The second kappa shape index (κ2) is 7.08. The van der Waals surface area contributed by atoms with Gasteiger partial charge < -0.3 is 4.79 Å². The molecule has 0 bridgehead atoms. The number of nitrogens with zero attached hydrogens (tertiary/aromatic N) is 4. The predicted molar refractivity (Wildman–Crippen MR) is 106 cm³/mol. The maximum absolute atomic E-state index is 11.6. The highest BCUT2D eigenvalue weighted by molar-refractivity contribution is 6.31. The number of hydrogen-bond acceptors (Lipinski definition) is 4. The van der Waals surface area contributed by atoms with Crippen LogP contribution >= 0.6 is 11.6 Å². The topological polar surface area (TPSA) is 60.1 Å². The predicted octanol–water partition coefficient (Wildman–Crippen LogP) is 4.49. The fourth-order valence-corrected chi connectivity index (χ4v) is 3.59. The van der Waals surface area contributed by atoms with Crippen molar-refractivity contribution in [3.05, 3.63) is 76.6 Å². The van der Waals surface area contributed by atoms with E-state index in [1.54, 1.807) is 13.1 Å². The zero-order valence-electron chi connectivity index (χ0n) is 15.2. The number of halogens is 1. The molecule has 1 aromatic carbocycles. The van der Waals surface area contributed by atoms with Gasteiger partial charge in [-0.3, -0.25) is 14.5 Å². The maximum atomic E-state index is 11.6. The van der Waals surface area contributed by atoms with Crippen LogP contribution < -0.4 is 0 Å². The molecule has 0 saturated heterocycles. The van der Waals surface area contributed by atoms with E-state index in [-0.39, 0.29) is 11.8 Å². The molecule has 1 aliphatic heterocycles. The molecule has 0 saturated carbocycles. The zero-order chi connectivity index (χ0) is 19.0. The Bertz CT molecular complexity index is 1040. The van der Waals surface area contributed by atoms with Crippen LogP contribution in [-0.2, 0) is 4.79 Å². The molecule has 0 radical (unpaired) electrons. The van der Waals surface area contributed by atoms with Gasteiger partial charge in [-0.25, -0.2) is 4.98 Å². The van der Waals surface area contributed by atoms with Gasteiger partial charge >= 0.3 is 0 Å².